The van der Waals surface area contributed by atoms with Crippen molar-refractivity contribution in [2.75, 3.05) is 23.3 Å². The third-order valence-corrected chi connectivity index (χ3v) is 4.27. The number of anilines is 2. The van der Waals surface area contributed by atoms with E-state index in [9.17, 15) is 0 Å². The number of aromatic nitrogens is 1. The zero-order chi connectivity index (χ0) is 14.9. The van der Waals surface area contributed by atoms with E-state index in [0.29, 0.717) is 12.1 Å². The molecule has 0 spiro atoms. The maximum absolute atomic E-state index is 5.69. The fraction of sp³-hybridized carbons (Fsp3) is 0.278. The van der Waals surface area contributed by atoms with Crippen LogP contribution in [0.3, 0.4) is 0 Å². The second-order valence-corrected chi connectivity index (χ2v) is 5.79. The van der Waals surface area contributed by atoms with Crippen molar-refractivity contribution in [1.29, 1.82) is 0 Å². The normalized spacial score (nSPS) is 17.0. The van der Waals surface area contributed by atoms with E-state index in [-0.39, 0.29) is 0 Å². The molecule has 1 aliphatic rings. The molecule has 0 radical (unpaired) electrons. The number of oxazole rings is 1. The van der Waals surface area contributed by atoms with Gasteiger partial charge in [0, 0.05) is 24.8 Å². The van der Waals surface area contributed by atoms with E-state index in [4.69, 9.17) is 4.42 Å². The molecule has 1 N–H and O–H groups in total. The molecule has 4 nitrogen and oxygen atoms in total. The summed E-state index contributed by atoms with van der Waals surface area (Å²) in [5.74, 6) is 0. The molecule has 4 heteroatoms. The highest BCUT2D eigenvalue weighted by molar-refractivity contribution is 5.74. The monoisotopic (exact) mass is 293 g/mol. The fourth-order valence-corrected chi connectivity index (χ4v) is 3.20. The van der Waals surface area contributed by atoms with E-state index in [1.54, 1.807) is 0 Å². The zero-order valence-electron chi connectivity index (χ0n) is 12.6. The Morgan fingerprint density at radius 2 is 2.00 bits per heavy atom. The highest BCUT2D eigenvalue weighted by Crippen LogP contribution is 2.31. The Morgan fingerprint density at radius 3 is 2.91 bits per heavy atom. The van der Waals surface area contributed by atoms with Crippen LogP contribution in [0.4, 0.5) is 11.7 Å². The van der Waals surface area contributed by atoms with E-state index in [1.165, 1.54) is 11.3 Å². The molecule has 22 heavy (non-hydrogen) atoms. The highest BCUT2D eigenvalue weighted by Gasteiger charge is 2.24. The summed E-state index contributed by atoms with van der Waals surface area (Å²) in [5.41, 5.74) is 4.51. The molecule has 4 rings (SSSR count). The summed E-state index contributed by atoms with van der Waals surface area (Å²) in [7, 11) is 0. The first-order valence-corrected chi connectivity index (χ1v) is 7.75. The second-order valence-electron chi connectivity index (χ2n) is 5.79. The molecule has 0 saturated carbocycles. The molecule has 0 bridgehead atoms. The summed E-state index contributed by atoms with van der Waals surface area (Å²) in [6, 6.07) is 17.6. The Morgan fingerprint density at radius 1 is 1.18 bits per heavy atom. The van der Waals surface area contributed by atoms with Gasteiger partial charge in [0.1, 0.15) is 5.52 Å². The van der Waals surface area contributed by atoms with Gasteiger partial charge >= 0.3 is 0 Å². The van der Waals surface area contributed by atoms with Crippen LogP contribution >= 0.6 is 0 Å². The molecule has 0 amide bonds. The smallest absolute Gasteiger partial charge is 0.295 e. The molecule has 112 valence electrons. The first kappa shape index (κ1) is 13.2. The van der Waals surface area contributed by atoms with Crippen molar-refractivity contribution >= 4 is 22.8 Å². The lowest BCUT2D eigenvalue weighted by molar-refractivity contribution is 0.609. The van der Waals surface area contributed by atoms with Gasteiger partial charge in [-0.2, -0.15) is 4.98 Å². The van der Waals surface area contributed by atoms with Crippen LogP contribution in [0.1, 0.15) is 12.5 Å². The molecular weight excluding hydrogens is 274 g/mol. The molecule has 1 aliphatic heterocycles. The van der Waals surface area contributed by atoms with Crippen molar-refractivity contribution in [2.24, 2.45) is 0 Å². The number of nitrogens with one attached hydrogen (secondary N) is 1. The molecule has 0 saturated heterocycles. The minimum absolute atomic E-state index is 0.544. The minimum atomic E-state index is 0.544. The fourth-order valence-electron chi connectivity index (χ4n) is 3.20. The lowest BCUT2D eigenvalue weighted by Gasteiger charge is -2.24. The largest absolute Gasteiger partial charge is 0.424 e. The lowest BCUT2D eigenvalue weighted by Crippen LogP contribution is -2.33. The molecule has 2 aromatic carbocycles. The third kappa shape index (κ3) is 2.30. The van der Waals surface area contributed by atoms with Gasteiger partial charge in [-0.25, -0.2) is 0 Å². The molecule has 3 aromatic rings. The summed E-state index contributed by atoms with van der Waals surface area (Å²) in [5, 5.41) is 3.29. The summed E-state index contributed by atoms with van der Waals surface area (Å²) >= 11 is 0. The van der Waals surface area contributed by atoms with Gasteiger partial charge in [0.2, 0.25) is 0 Å². The first-order chi connectivity index (χ1) is 10.8. The lowest BCUT2D eigenvalue weighted by atomic mass is 10.1. The van der Waals surface area contributed by atoms with Crippen LogP contribution in [0.5, 0.6) is 0 Å². The number of rotatable bonds is 4. The molecule has 0 unspecified atom stereocenters. The van der Waals surface area contributed by atoms with Crippen LogP contribution in [0.2, 0.25) is 0 Å². The topological polar surface area (TPSA) is 41.3 Å². The molecule has 0 fully saturated rings. The van der Waals surface area contributed by atoms with Crippen molar-refractivity contribution in [3.05, 3.63) is 54.1 Å². The molecule has 2 heterocycles. The van der Waals surface area contributed by atoms with Crippen molar-refractivity contribution < 1.29 is 4.42 Å². The quantitative estimate of drug-likeness (QED) is 0.796. The van der Waals surface area contributed by atoms with Gasteiger partial charge in [0.05, 0.1) is 0 Å². The van der Waals surface area contributed by atoms with Crippen LogP contribution in [0.15, 0.2) is 52.9 Å². The Kier molecular flexibility index (Phi) is 3.22. The van der Waals surface area contributed by atoms with E-state index < -0.39 is 0 Å². The van der Waals surface area contributed by atoms with Gasteiger partial charge in [0.15, 0.2) is 5.58 Å². The molecule has 0 aliphatic carbocycles. The Bertz CT molecular complexity index is 763. The van der Waals surface area contributed by atoms with Crippen molar-refractivity contribution in [1.82, 2.24) is 4.98 Å². The van der Waals surface area contributed by atoms with Gasteiger partial charge in [-0.05, 0) is 37.1 Å². The average molecular weight is 293 g/mol. The molecular formula is C18H19N3O. The SMILES string of the molecule is C[C@@H]1Cc2ccccc2N1CCNc1nc2ccccc2o1. The predicted molar refractivity (Wildman–Crippen MR) is 89.5 cm³/mol. The summed E-state index contributed by atoms with van der Waals surface area (Å²) in [6.45, 7) is 4.03. The van der Waals surface area contributed by atoms with E-state index in [1.807, 2.05) is 24.3 Å². The maximum atomic E-state index is 5.69. The number of fused-ring (bicyclic) bond motifs is 2. The van der Waals surface area contributed by atoms with Crippen molar-refractivity contribution in [3.8, 4) is 0 Å². The van der Waals surface area contributed by atoms with Gasteiger partial charge in [0.25, 0.3) is 6.01 Å². The molecule has 1 aromatic heterocycles. The van der Waals surface area contributed by atoms with Gasteiger partial charge in [-0.15, -0.1) is 0 Å². The Balaban J connectivity index is 1.43. The number of hydrogen-bond donors (Lipinski definition) is 1. The predicted octanol–water partition coefficient (Wildman–Crippen LogP) is 3.69. The second kappa shape index (κ2) is 5.37. The number of benzene rings is 2. The minimum Gasteiger partial charge on any atom is -0.424 e. The van der Waals surface area contributed by atoms with Gasteiger partial charge in [-0.3, -0.25) is 0 Å². The summed E-state index contributed by atoms with van der Waals surface area (Å²) < 4.78 is 5.69. The average Bonchev–Trinajstić information content (AvgIpc) is 3.08. The third-order valence-electron chi connectivity index (χ3n) is 4.27. The van der Waals surface area contributed by atoms with E-state index in [2.05, 4.69) is 46.4 Å². The van der Waals surface area contributed by atoms with Crippen LogP contribution in [0.25, 0.3) is 11.1 Å². The summed E-state index contributed by atoms with van der Waals surface area (Å²) in [6.07, 6.45) is 1.12. The van der Waals surface area contributed by atoms with E-state index in [0.717, 1.165) is 30.6 Å². The van der Waals surface area contributed by atoms with Gasteiger partial charge < -0.3 is 14.6 Å². The standard InChI is InChI=1S/C18H19N3O/c1-13-12-14-6-2-4-8-16(14)21(13)11-10-19-18-20-15-7-3-5-9-17(15)22-18/h2-9,13H,10-12H2,1H3,(H,19,20)/t13-/m1/s1. The van der Waals surface area contributed by atoms with Crippen molar-refractivity contribution in [2.45, 2.75) is 19.4 Å². The maximum Gasteiger partial charge on any atom is 0.295 e. The van der Waals surface area contributed by atoms with Gasteiger partial charge in [-0.1, -0.05) is 30.3 Å². The van der Waals surface area contributed by atoms with Crippen LogP contribution < -0.4 is 10.2 Å². The van der Waals surface area contributed by atoms with E-state index >= 15 is 0 Å². The number of hydrogen-bond acceptors (Lipinski definition) is 4. The number of nitrogens with zero attached hydrogens (tertiary/aromatic N) is 2. The van der Waals surface area contributed by atoms with Crippen LogP contribution in [0, 0.1) is 0 Å². The van der Waals surface area contributed by atoms with Crippen LogP contribution in [-0.4, -0.2) is 24.1 Å². The first-order valence-electron chi connectivity index (χ1n) is 7.75. The zero-order valence-corrected chi connectivity index (χ0v) is 12.6. The summed E-state index contributed by atoms with van der Waals surface area (Å²) in [4.78, 5) is 6.89. The highest BCUT2D eigenvalue weighted by atomic mass is 16.4. The van der Waals surface area contributed by atoms with Crippen LogP contribution in [-0.2, 0) is 6.42 Å². The molecule has 1 atom stereocenters. The van der Waals surface area contributed by atoms with Crippen molar-refractivity contribution in [3.63, 3.8) is 0 Å². The Labute approximate surface area is 129 Å². The number of para-hydroxylation sites is 3. The Hall–Kier alpha value is -2.49.